The number of carbonyl (C=O) groups excluding carboxylic acids is 3. The standard InChI is InChI=1S/C19H19F3N4O6S/c1-18(2,3)32-17(29)24-12-6-5-11(31-19(20,21)22)7-10(12)9-23-26-16-25-15(28)13(33-16)8-14(27)30-4/h5-9H,1-4H3,(H,24,29)(H,25,26,28)/b13-8+,23-9?. The summed E-state index contributed by atoms with van der Waals surface area (Å²) in [5, 5.41) is 12.3. The van der Waals surface area contributed by atoms with Crippen LogP contribution in [0.5, 0.6) is 5.75 Å². The maximum atomic E-state index is 12.6. The Morgan fingerprint density at radius 3 is 2.52 bits per heavy atom. The molecule has 178 valence electrons. The number of hydrogen-bond acceptors (Lipinski definition) is 9. The molecule has 1 aliphatic heterocycles. The SMILES string of the molecule is COC(=O)/C=C1/S/C(=N\N=Cc2cc(OC(F)(F)F)ccc2NC(=O)OC(C)(C)C)NC1=O. The smallest absolute Gasteiger partial charge is 0.466 e. The van der Waals surface area contributed by atoms with Gasteiger partial charge in [-0.15, -0.1) is 18.3 Å². The Labute approximate surface area is 190 Å². The average molecular weight is 488 g/mol. The van der Waals surface area contributed by atoms with Crippen LogP contribution in [0, 0.1) is 0 Å². The first kappa shape index (κ1) is 25.7. The van der Waals surface area contributed by atoms with Crippen LogP contribution in [0.25, 0.3) is 0 Å². The highest BCUT2D eigenvalue weighted by molar-refractivity contribution is 8.18. The molecule has 1 saturated heterocycles. The number of methoxy groups -OCH3 is 1. The third-order valence-corrected chi connectivity index (χ3v) is 4.24. The number of nitrogens with zero attached hydrogens (tertiary/aromatic N) is 2. The van der Waals surface area contributed by atoms with Crippen molar-refractivity contribution in [1.29, 1.82) is 0 Å². The van der Waals surface area contributed by atoms with Gasteiger partial charge in [0.1, 0.15) is 11.4 Å². The van der Waals surface area contributed by atoms with Gasteiger partial charge in [0.2, 0.25) is 0 Å². The lowest BCUT2D eigenvalue weighted by molar-refractivity contribution is -0.274. The summed E-state index contributed by atoms with van der Waals surface area (Å²) in [6.45, 7) is 4.92. The Kier molecular flexibility index (Phi) is 8.08. The van der Waals surface area contributed by atoms with Gasteiger partial charge >= 0.3 is 18.4 Å². The van der Waals surface area contributed by atoms with Crippen molar-refractivity contribution in [2.45, 2.75) is 32.7 Å². The molecule has 0 atom stereocenters. The van der Waals surface area contributed by atoms with E-state index in [-0.39, 0.29) is 21.3 Å². The fourth-order valence-corrected chi connectivity index (χ4v) is 2.90. The van der Waals surface area contributed by atoms with Crippen LogP contribution in [0.3, 0.4) is 0 Å². The van der Waals surface area contributed by atoms with E-state index in [1.54, 1.807) is 20.8 Å². The molecule has 0 radical (unpaired) electrons. The first-order chi connectivity index (χ1) is 15.3. The fraction of sp³-hybridized carbons (Fsp3) is 0.316. The Morgan fingerprint density at radius 1 is 1.21 bits per heavy atom. The number of thioether (sulfide) groups is 1. The predicted octanol–water partition coefficient (Wildman–Crippen LogP) is 3.54. The summed E-state index contributed by atoms with van der Waals surface area (Å²) >= 11 is 0.803. The van der Waals surface area contributed by atoms with Gasteiger partial charge in [-0.2, -0.15) is 5.10 Å². The van der Waals surface area contributed by atoms with Crippen molar-refractivity contribution in [3.8, 4) is 5.75 Å². The minimum atomic E-state index is -4.93. The third kappa shape index (κ3) is 8.84. The molecule has 0 aliphatic carbocycles. The van der Waals surface area contributed by atoms with Crippen LogP contribution >= 0.6 is 11.8 Å². The Morgan fingerprint density at radius 2 is 1.91 bits per heavy atom. The molecule has 14 heteroatoms. The van der Waals surface area contributed by atoms with Gasteiger partial charge in [0.25, 0.3) is 5.91 Å². The van der Waals surface area contributed by atoms with Crippen LogP contribution in [0.15, 0.2) is 39.4 Å². The molecular weight excluding hydrogens is 469 g/mol. The molecule has 2 N–H and O–H groups in total. The second-order valence-electron chi connectivity index (χ2n) is 7.16. The number of carbonyl (C=O) groups is 3. The van der Waals surface area contributed by atoms with Crippen LogP contribution in [0.2, 0.25) is 0 Å². The van der Waals surface area contributed by atoms with Crippen molar-refractivity contribution in [2.24, 2.45) is 10.2 Å². The van der Waals surface area contributed by atoms with Crippen molar-refractivity contribution in [2.75, 3.05) is 12.4 Å². The molecule has 0 saturated carbocycles. The topological polar surface area (TPSA) is 128 Å². The maximum Gasteiger partial charge on any atom is 0.573 e. The molecule has 0 bridgehead atoms. The predicted molar refractivity (Wildman–Crippen MR) is 114 cm³/mol. The van der Waals surface area contributed by atoms with E-state index >= 15 is 0 Å². The number of nitrogens with one attached hydrogen (secondary N) is 2. The highest BCUT2D eigenvalue weighted by Crippen LogP contribution is 2.27. The van der Waals surface area contributed by atoms with Gasteiger partial charge in [0.05, 0.1) is 23.9 Å². The van der Waals surface area contributed by atoms with Crippen molar-refractivity contribution in [1.82, 2.24) is 5.32 Å². The van der Waals surface area contributed by atoms with Crippen molar-refractivity contribution < 1.29 is 41.8 Å². The largest absolute Gasteiger partial charge is 0.573 e. The highest BCUT2D eigenvalue weighted by atomic mass is 32.2. The minimum Gasteiger partial charge on any atom is -0.466 e. The molecule has 0 unspecified atom stereocenters. The summed E-state index contributed by atoms with van der Waals surface area (Å²) < 4.78 is 51.2. The number of hydrogen-bond donors (Lipinski definition) is 2. The van der Waals surface area contributed by atoms with E-state index in [9.17, 15) is 27.6 Å². The molecule has 2 rings (SSSR count). The number of amidine groups is 1. The number of alkyl halides is 3. The second kappa shape index (κ2) is 10.4. The van der Waals surface area contributed by atoms with Gasteiger partial charge in [0, 0.05) is 11.6 Å². The minimum absolute atomic E-state index is 0.00612. The molecule has 2 amide bonds. The summed E-state index contributed by atoms with van der Waals surface area (Å²) in [6, 6.07) is 3.15. The van der Waals surface area contributed by atoms with E-state index in [0.717, 1.165) is 43.3 Å². The summed E-state index contributed by atoms with van der Waals surface area (Å²) in [5.74, 6) is -1.90. The molecule has 0 aromatic heterocycles. The van der Waals surface area contributed by atoms with Gasteiger partial charge in [0.15, 0.2) is 5.17 Å². The monoisotopic (exact) mass is 488 g/mol. The van der Waals surface area contributed by atoms with E-state index < -0.39 is 35.7 Å². The second-order valence-corrected chi connectivity index (χ2v) is 8.19. The van der Waals surface area contributed by atoms with Gasteiger partial charge in [-0.1, -0.05) is 0 Å². The lowest BCUT2D eigenvalue weighted by Gasteiger charge is -2.20. The quantitative estimate of drug-likeness (QED) is 0.281. The molecule has 10 nitrogen and oxygen atoms in total. The fourth-order valence-electron chi connectivity index (χ4n) is 2.16. The van der Waals surface area contributed by atoms with Crippen LogP contribution in [0.4, 0.5) is 23.7 Å². The average Bonchev–Trinajstić information content (AvgIpc) is 3.00. The summed E-state index contributed by atoms with van der Waals surface area (Å²) in [6.07, 6.45) is -3.77. The Bertz CT molecular complexity index is 1030. The first-order valence-electron chi connectivity index (χ1n) is 9.05. The van der Waals surface area contributed by atoms with Crippen LogP contribution in [-0.2, 0) is 19.1 Å². The van der Waals surface area contributed by atoms with Crippen molar-refractivity contribution in [3.05, 3.63) is 34.7 Å². The molecule has 1 aromatic rings. The molecule has 0 spiro atoms. The van der Waals surface area contributed by atoms with Gasteiger partial charge in [-0.3, -0.25) is 15.4 Å². The van der Waals surface area contributed by atoms with Gasteiger partial charge in [-0.05, 0) is 50.7 Å². The molecule has 33 heavy (non-hydrogen) atoms. The molecule has 1 aromatic carbocycles. The first-order valence-corrected chi connectivity index (χ1v) is 9.87. The molecule has 1 fully saturated rings. The lowest BCUT2D eigenvalue weighted by atomic mass is 10.2. The third-order valence-electron chi connectivity index (χ3n) is 3.34. The van der Waals surface area contributed by atoms with Gasteiger partial charge < -0.3 is 14.2 Å². The van der Waals surface area contributed by atoms with E-state index in [4.69, 9.17) is 4.74 Å². The zero-order valence-corrected chi connectivity index (χ0v) is 18.6. The van der Waals surface area contributed by atoms with E-state index in [2.05, 4.69) is 30.3 Å². The number of rotatable bonds is 5. The van der Waals surface area contributed by atoms with E-state index in [1.807, 2.05) is 0 Å². The number of amides is 2. The highest BCUT2D eigenvalue weighted by Gasteiger charge is 2.31. The van der Waals surface area contributed by atoms with Crippen LogP contribution < -0.4 is 15.4 Å². The maximum absolute atomic E-state index is 12.6. The number of halogens is 3. The number of benzene rings is 1. The summed E-state index contributed by atoms with van der Waals surface area (Å²) in [4.78, 5) is 35.1. The number of ether oxygens (including phenoxy) is 3. The van der Waals surface area contributed by atoms with Crippen molar-refractivity contribution >= 4 is 46.8 Å². The summed E-state index contributed by atoms with van der Waals surface area (Å²) in [7, 11) is 1.15. The normalized spacial score (nSPS) is 16.8. The molecule has 1 heterocycles. The zero-order chi connectivity index (χ0) is 24.8. The van der Waals surface area contributed by atoms with Gasteiger partial charge in [-0.25, -0.2) is 9.59 Å². The zero-order valence-electron chi connectivity index (χ0n) is 17.8. The lowest BCUT2D eigenvalue weighted by Crippen LogP contribution is -2.27. The van der Waals surface area contributed by atoms with E-state index in [0.29, 0.717) is 0 Å². The van der Waals surface area contributed by atoms with Crippen molar-refractivity contribution in [3.63, 3.8) is 0 Å². The Balaban J connectivity index is 2.27. The molecular formula is C19H19F3N4O6S. The summed E-state index contributed by atoms with van der Waals surface area (Å²) in [5.41, 5.74) is -0.736. The number of esters is 1. The molecule has 1 aliphatic rings. The number of anilines is 1. The van der Waals surface area contributed by atoms with E-state index in [1.165, 1.54) is 6.07 Å². The van der Waals surface area contributed by atoms with Crippen LogP contribution in [0.1, 0.15) is 26.3 Å². The Hall–Kier alpha value is -3.55. The van der Waals surface area contributed by atoms with Crippen LogP contribution in [-0.4, -0.2) is 48.4 Å².